The van der Waals surface area contributed by atoms with E-state index in [-0.39, 0.29) is 5.60 Å². The zero-order chi connectivity index (χ0) is 11.6. The largest absolute Gasteiger partial charge is 0.372 e. The van der Waals surface area contributed by atoms with Gasteiger partial charge in [-0.15, -0.1) is 0 Å². The summed E-state index contributed by atoms with van der Waals surface area (Å²) < 4.78 is 5.70. The normalized spacial score (nSPS) is 19.8. The Labute approximate surface area is 96.4 Å². The lowest BCUT2D eigenvalue weighted by Crippen LogP contribution is -2.48. The van der Waals surface area contributed by atoms with Crippen LogP contribution in [0.4, 0.5) is 5.69 Å². The molecule has 2 rings (SSSR count). The van der Waals surface area contributed by atoms with Crippen molar-refractivity contribution in [1.29, 1.82) is 0 Å². The summed E-state index contributed by atoms with van der Waals surface area (Å²) in [5, 5.41) is 0. The Hall–Kier alpha value is -1.13. The molecule has 1 aromatic heterocycles. The first-order chi connectivity index (χ1) is 7.62. The second kappa shape index (κ2) is 4.39. The molecule has 1 aromatic rings. The second-order valence-corrected chi connectivity index (χ2v) is 4.70. The highest BCUT2D eigenvalue weighted by molar-refractivity contribution is 5.51. The molecule has 0 bridgehead atoms. The lowest BCUT2D eigenvalue weighted by Gasteiger charge is -2.39. The highest BCUT2D eigenvalue weighted by Gasteiger charge is 2.28. The van der Waals surface area contributed by atoms with E-state index in [2.05, 4.69) is 29.8 Å². The van der Waals surface area contributed by atoms with Crippen LogP contribution in [-0.2, 0) is 11.3 Å². The number of pyridine rings is 1. The van der Waals surface area contributed by atoms with Crippen molar-refractivity contribution >= 4 is 5.69 Å². The van der Waals surface area contributed by atoms with Crippen molar-refractivity contribution in [2.45, 2.75) is 26.0 Å². The predicted octanol–water partition coefficient (Wildman–Crippen LogP) is 1.16. The predicted molar refractivity (Wildman–Crippen MR) is 64.4 cm³/mol. The van der Waals surface area contributed by atoms with E-state index in [1.54, 1.807) is 6.20 Å². The molecule has 2 heterocycles. The van der Waals surface area contributed by atoms with Crippen LogP contribution in [0.25, 0.3) is 0 Å². The topological polar surface area (TPSA) is 51.4 Å². The first-order valence-corrected chi connectivity index (χ1v) is 5.65. The van der Waals surface area contributed by atoms with Gasteiger partial charge in [0.05, 0.1) is 23.6 Å². The van der Waals surface area contributed by atoms with Crippen molar-refractivity contribution in [1.82, 2.24) is 4.98 Å². The van der Waals surface area contributed by atoms with Crippen LogP contribution in [0.2, 0.25) is 0 Å². The summed E-state index contributed by atoms with van der Waals surface area (Å²) in [7, 11) is 0. The van der Waals surface area contributed by atoms with Crippen LogP contribution >= 0.6 is 0 Å². The van der Waals surface area contributed by atoms with Crippen LogP contribution in [0.1, 0.15) is 19.5 Å². The van der Waals surface area contributed by atoms with Gasteiger partial charge in [-0.3, -0.25) is 4.98 Å². The van der Waals surface area contributed by atoms with E-state index in [0.29, 0.717) is 6.54 Å². The maximum absolute atomic E-state index is 5.70. The average molecular weight is 221 g/mol. The third-order valence-corrected chi connectivity index (χ3v) is 2.83. The summed E-state index contributed by atoms with van der Waals surface area (Å²) in [6.45, 7) is 7.24. The summed E-state index contributed by atoms with van der Waals surface area (Å²) in [5.41, 5.74) is 7.71. The second-order valence-electron chi connectivity index (χ2n) is 4.70. The van der Waals surface area contributed by atoms with Crippen molar-refractivity contribution in [2.75, 3.05) is 24.6 Å². The molecule has 88 valence electrons. The monoisotopic (exact) mass is 221 g/mol. The first-order valence-electron chi connectivity index (χ1n) is 5.65. The van der Waals surface area contributed by atoms with Crippen molar-refractivity contribution < 1.29 is 4.74 Å². The third kappa shape index (κ3) is 2.33. The van der Waals surface area contributed by atoms with Crippen molar-refractivity contribution in [2.24, 2.45) is 5.73 Å². The Morgan fingerprint density at radius 2 is 2.38 bits per heavy atom. The van der Waals surface area contributed by atoms with Gasteiger partial charge in [-0.05, 0) is 26.0 Å². The molecule has 0 atom stereocenters. The number of hydrogen-bond acceptors (Lipinski definition) is 4. The first kappa shape index (κ1) is 11.4. The molecule has 0 aromatic carbocycles. The van der Waals surface area contributed by atoms with Crippen molar-refractivity contribution in [3.63, 3.8) is 0 Å². The van der Waals surface area contributed by atoms with E-state index >= 15 is 0 Å². The van der Waals surface area contributed by atoms with E-state index in [1.165, 1.54) is 0 Å². The Bertz CT molecular complexity index is 365. The fourth-order valence-corrected chi connectivity index (χ4v) is 2.10. The highest BCUT2D eigenvalue weighted by atomic mass is 16.5. The van der Waals surface area contributed by atoms with E-state index in [1.807, 2.05) is 6.07 Å². The van der Waals surface area contributed by atoms with Crippen molar-refractivity contribution in [3.05, 3.63) is 24.0 Å². The van der Waals surface area contributed by atoms with Crippen molar-refractivity contribution in [3.8, 4) is 0 Å². The molecule has 1 fully saturated rings. The fourth-order valence-electron chi connectivity index (χ4n) is 2.10. The van der Waals surface area contributed by atoms with Gasteiger partial charge < -0.3 is 15.4 Å². The molecule has 4 heteroatoms. The Balaban J connectivity index is 2.23. The quantitative estimate of drug-likeness (QED) is 0.814. The summed E-state index contributed by atoms with van der Waals surface area (Å²) in [6.07, 6.45) is 1.79. The number of anilines is 1. The van der Waals surface area contributed by atoms with Gasteiger partial charge in [0.15, 0.2) is 0 Å². The molecule has 1 aliphatic rings. The average Bonchev–Trinajstić information content (AvgIpc) is 2.27. The third-order valence-electron chi connectivity index (χ3n) is 2.83. The number of aromatic nitrogens is 1. The van der Waals surface area contributed by atoms with E-state index in [9.17, 15) is 0 Å². The Kier molecular flexibility index (Phi) is 3.12. The number of rotatable bonds is 2. The minimum Gasteiger partial charge on any atom is -0.372 e. The number of nitrogens with zero attached hydrogens (tertiary/aromatic N) is 2. The van der Waals surface area contributed by atoms with Gasteiger partial charge in [0.1, 0.15) is 0 Å². The molecule has 1 aliphatic heterocycles. The van der Waals surface area contributed by atoms with Crippen LogP contribution in [0, 0.1) is 0 Å². The summed E-state index contributed by atoms with van der Waals surface area (Å²) >= 11 is 0. The van der Waals surface area contributed by atoms with Gasteiger partial charge in [-0.2, -0.15) is 0 Å². The van der Waals surface area contributed by atoms with E-state index in [0.717, 1.165) is 31.1 Å². The van der Waals surface area contributed by atoms with Gasteiger partial charge >= 0.3 is 0 Å². The SMILES string of the molecule is CC1(C)CN(c2cccnc2CN)CCO1. The maximum Gasteiger partial charge on any atom is 0.0801 e. The molecule has 0 spiro atoms. The number of morpholine rings is 1. The van der Waals surface area contributed by atoms with Crippen LogP contribution < -0.4 is 10.6 Å². The van der Waals surface area contributed by atoms with Gasteiger partial charge in [0, 0.05) is 25.8 Å². The van der Waals surface area contributed by atoms with Gasteiger partial charge in [-0.1, -0.05) is 0 Å². The van der Waals surface area contributed by atoms with E-state index in [4.69, 9.17) is 10.5 Å². The van der Waals surface area contributed by atoms with Crippen LogP contribution in [-0.4, -0.2) is 30.3 Å². The van der Waals surface area contributed by atoms with E-state index < -0.39 is 0 Å². The molecule has 0 amide bonds. The lowest BCUT2D eigenvalue weighted by molar-refractivity contribution is -0.0277. The molecule has 0 saturated carbocycles. The molecule has 1 saturated heterocycles. The van der Waals surface area contributed by atoms with Gasteiger partial charge in [-0.25, -0.2) is 0 Å². The van der Waals surface area contributed by atoms with Crippen LogP contribution in [0.3, 0.4) is 0 Å². The maximum atomic E-state index is 5.70. The molecule has 4 nitrogen and oxygen atoms in total. The molecule has 0 unspecified atom stereocenters. The van der Waals surface area contributed by atoms with Crippen LogP contribution in [0.5, 0.6) is 0 Å². The summed E-state index contributed by atoms with van der Waals surface area (Å²) in [6, 6.07) is 4.04. The fraction of sp³-hybridized carbons (Fsp3) is 0.583. The highest BCUT2D eigenvalue weighted by Crippen LogP contribution is 2.24. The van der Waals surface area contributed by atoms with Crippen LogP contribution in [0.15, 0.2) is 18.3 Å². The zero-order valence-electron chi connectivity index (χ0n) is 9.94. The smallest absolute Gasteiger partial charge is 0.0801 e. The summed E-state index contributed by atoms with van der Waals surface area (Å²) in [4.78, 5) is 6.62. The standard InChI is InChI=1S/C12H19N3O/c1-12(2)9-15(6-7-16-12)11-4-3-5-14-10(11)8-13/h3-5H,6-9,13H2,1-2H3. The van der Waals surface area contributed by atoms with Gasteiger partial charge in [0.25, 0.3) is 0 Å². The summed E-state index contributed by atoms with van der Waals surface area (Å²) in [5.74, 6) is 0. The Morgan fingerprint density at radius 3 is 3.06 bits per heavy atom. The zero-order valence-corrected chi connectivity index (χ0v) is 9.94. The number of nitrogens with two attached hydrogens (primary N) is 1. The lowest BCUT2D eigenvalue weighted by atomic mass is 10.1. The minimum absolute atomic E-state index is 0.0973. The number of hydrogen-bond donors (Lipinski definition) is 1. The Morgan fingerprint density at radius 1 is 1.56 bits per heavy atom. The number of ether oxygens (including phenoxy) is 1. The van der Waals surface area contributed by atoms with Gasteiger partial charge in [0.2, 0.25) is 0 Å². The molecule has 2 N–H and O–H groups in total. The molecule has 0 radical (unpaired) electrons. The molecule has 0 aliphatic carbocycles. The molecule has 16 heavy (non-hydrogen) atoms. The minimum atomic E-state index is -0.0973. The molecular weight excluding hydrogens is 202 g/mol. The molecular formula is C12H19N3O.